The summed E-state index contributed by atoms with van der Waals surface area (Å²) in [7, 11) is 0. The molecule has 0 aromatic heterocycles. The highest BCUT2D eigenvalue weighted by Crippen LogP contribution is 2.22. The topological polar surface area (TPSA) is 92.7 Å². The standard InChI is InChI=1S/C16H24N4O3/c1-3-12(2)15(17)16(21)19-9-7-18(8-10-19)13-5-4-6-14(11-13)20(22)23/h4-6,11-12,15H,3,7-10,17H2,1-2H3. The Labute approximate surface area is 136 Å². The molecule has 7 nitrogen and oxygen atoms in total. The van der Waals surface area contributed by atoms with E-state index in [1.165, 1.54) is 6.07 Å². The second kappa shape index (κ2) is 7.41. The van der Waals surface area contributed by atoms with Gasteiger partial charge in [0.05, 0.1) is 11.0 Å². The molecule has 126 valence electrons. The highest BCUT2D eigenvalue weighted by Gasteiger charge is 2.28. The number of carbonyl (C=O) groups is 1. The van der Waals surface area contributed by atoms with Crippen LogP contribution in [0.3, 0.4) is 0 Å². The zero-order valence-corrected chi connectivity index (χ0v) is 13.6. The van der Waals surface area contributed by atoms with E-state index in [-0.39, 0.29) is 17.5 Å². The predicted molar refractivity (Wildman–Crippen MR) is 89.3 cm³/mol. The van der Waals surface area contributed by atoms with Gasteiger partial charge < -0.3 is 15.5 Å². The Hall–Kier alpha value is -2.15. The van der Waals surface area contributed by atoms with Gasteiger partial charge in [0.25, 0.3) is 5.69 Å². The SMILES string of the molecule is CCC(C)C(N)C(=O)N1CCN(c2cccc([N+](=O)[O-])c2)CC1. The van der Waals surface area contributed by atoms with Crippen molar-refractivity contribution in [2.75, 3.05) is 31.1 Å². The van der Waals surface area contributed by atoms with Crippen LogP contribution in [0.25, 0.3) is 0 Å². The lowest BCUT2D eigenvalue weighted by atomic mass is 9.98. The van der Waals surface area contributed by atoms with Crippen molar-refractivity contribution in [2.24, 2.45) is 11.7 Å². The number of nitro benzene ring substituents is 1. The maximum atomic E-state index is 12.4. The van der Waals surface area contributed by atoms with Crippen LogP contribution in [0.1, 0.15) is 20.3 Å². The quantitative estimate of drug-likeness (QED) is 0.657. The van der Waals surface area contributed by atoms with Gasteiger partial charge in [0.1, 0.15) is 0 Å². The molecule has 1 aromatic rings. The second-order valence-electron chi connectivity index (χ2n) is 6.00. The summed E-state index contributed by atoms with van der Waals surface area (Å²) in [5, 5.41) is 10.9. The van der Waals surface area contributed by atoms with E-state index in [0.717, 1.165) is 12.1 Å². The van der Waals surface area contributed by atoms with Gasteiger partial charge in [-0.05, 0) is 12.0 Å². The Morgan fingerprint density at radius 2 is 2.00 bits per heavy atom. The van der Waals surface area contributed by atoms with Crippen molar-refractivity contribution in [1.82, 2.24) is 4.90 Å². The molecular formula is C16H24N4O3. The molecule has 7 heteroatoms. The van der Waals surface area contributed by atoms with E-state index in [1.54, 1.807) is 17.0 Å². The summed E-state index contributed by atoms with van der Waals surface area (Å²) in [5.74, 6) is 0.162. The van der Waals surface area contributed by atoms with Crippen molar-refractivity contribution >= 4 is 17.3 Å². The van der Waals surface area contributed by atoms with Gasteiger partial charge >= 0.3 is 0 Å². The van der Waals surface area contributed by atoms with Gasteiger partial charge in [0, 0.05) is 44.0 Å². The van der Waals surface area contributed by atoms with Crippen LogP contribution in [0.4, 0.5) is 11.4 Å². The van der Waals surface area contributed by atoms with Crippen molar-refractivity contribution in [1.29, 1.82) is 0 Å². The average molecular weight is 320 g/mol. The van der Waals surface area contributed by atoms with E-state index in [9.17, 15) is 14.9 Å². The van der Waals surface area contributed by atoms with E-state index in [1.807, 2.05) is 19.9 Å². The molecule has 1 aliphatic rings. The molecule has 2 atom stereocenters. The molecule has 1 aromatic carbocycles. The molecule has 0 spiro atoms. The molecule has 23 heavy (non-hydrogen) atoms. The minimum Gasteiger partial charge on any atom is -0.368 e. The minimum atomic E-state index is -0.454. The third-order valence-electron chi connectivity index (χ3n) is 4.54. The first-order chi connectivity index (χ1) is 10.9. The molecule has 1 amide bonds. The molecule has 2 unspecified atom stereocenters. The van der Waals surface area contributed by atoms with Crippen LogP contribution in [0.5, 0.6) is 0 Å². The van der Waals surface area contributed by atoms with E-state index in [0.29, 0.717) is 26.2 Å². The lowest BCUT2D eigenvalue weighted by Gasteiger charge is -2.37. The van der Waals surface area contributed by atoms with Crippen molar-refractivity contribution in [3.8, 4) is 0 Å². The summed E-state index contributed by atoms with van der Waals surface area (Å²) in [6.07, 6.45) is 0.876. The minimum absolute atomic E-state index is 0.00181. The normalized spacial score (nSPS) is 17.7. The molecule has 0 radical (unpaired) electrons. The smallest absolute Gasteiger partial charge is 0.271 e. The summed E-state index contributed by atoms with van der Waals surface area (Å²) in [4.78, 5) is 26.7. The third kappa shape index (κ3) is 3.98. The van der Waals surface area contributed by atoms with Crippen molar-refractivity contribution in [3.05, 3.63) is 34.4 Å². The number of nitrogens with zero attached hydrogens (tertiary/aromatic N) is 3. The number of rotatable bonds is 5. The Kier molecular flexibility index (Phi) is 5.54. The van der Waals surface area contributed by atoms with E-state index in [2.05, 4.69) is 4.90 Å². The number of nitro groups is 1. The number of non-ortho nitro benzene ring substituents is 1. The maximum Gasteiger partial charge on any atom is 0.271 e. The average Bonchev–Trinajstić information content (AvgIpc) is 2.60. The molecule has 2 rings (SSSR count). The summed E-state index contributed by atoms with van der Waals surface area (Å²) in [6, 6.07) is 6.14. The maximum absolute atomic E-state index is 12.4. The molecular weight excluding hydrogens is 296 g/mol. The van der Waals surface area contributed by atoms with Crippen LogP contribution in [0, 0.1) is 16.0 Å². The van der Waals surface area contributed by atoms with Gasteiger partial charge in [-0.25, -0.2) is 0 Å². The fourth-order valence-electron chi connectivity index (χ4n) is 2.70. The number of hydrogen-bond donors (Lipinski definition) is 1. The van der Waals surface area contributed by atoms with Gasteiger partial charge in [-0.3, -0.25) is 14.9 Å². The van der Waals surface area contributed by atoms with Crippen LogP contribution in [-0.4, -0.2) is 48.0 Å². The molecule has 0 saturated carbocycles. The summed E-state index contributed by atoms with van der Waals surface area (Å²) >= 11 is 0. The van der Waals surface area contributed by atoms with Crippen LogP contribution >= 0.6 is 0 Å². The zero-order chi connectivity index (χ0) is 17.0. The second-order valence-corrected chi connectivity index (χ2v) is 6.00. The number of amides is 1. The van der Waals surface area contributed by atoms with Gasteiger partial charge in [0.2, 0.25) is 5.91 Å². The zero-order valence-electron chi connectivity index (χ0n) is 13.6. The van der Waals surface area contributed by atoms with E-state index >= 15 is 0 Å². The number of piperazine rings is 1. The first-order valence-corrected chi connectivity index (χ1v) is 7.97. The highest BCUT2D eigenvalue weighted by atomic mass is 16.6. The Balaban J connectivity index is 1.97. The Bertz CT molecular complexity index is 570. The Morgan fingerprint density at radius 3 is 2.57 bits per heavy atom. The van der Waals surface area contributed by atoms with Gasteiger partial charge in [0.15, 0.2) is 0 Å². The lowest BCUT2D eigenvalue weighted by molar-refractivity contribution is -0.384. The van der Waals surface area contributed by atoms with Gasteiger partial charge in [-0.1, -0.05) is 26.3 Å². The summed E-state index contributed by atoms with van der Waals surface area (Å²) < 4.78 is 0. The molecule has 1 aliphatic heterocycles. The van der Waals surface area contributed by atoms with Crippen LogP contribution < -0.4 is 10.6 Å². The van der Waals surface area contributed by atoms with Gasteiger partial charge in [-0.15, -0.1) is 0 Å². The van der Waals surface area contributed by atoms with Crippen molar-refractivity contribution in [2.45, 2.75) is 26.3 Å². The number of benzene rings is 1. The lowest BCUT2D eigenvalue weighted by Crippen LogP contribution is -2.54. The summed E-state index contributed by atoms with van der Waals surface area (Å²) in [6.45, 7) is 6.50. The van der Waals surface area contributed by atoms with Gasteiger partial charge in [-0.2, -0.15) is 0 Å². The fraction of sp³-hybridized carbons (Fsp3) is 0.562. The van der Waals surface area contributed by atoms with Crippen molar-refractivity contribution in [3.63, 3.8) is 0 Å². The molecule has 1 saturated heterocycles. The molecule has 1 fully saturated rings. The van der Waals surface area contributed by atoms with E-state index in [4.69, 9.17) is 5.73 Å². The number of anilines is 1. The molecule has 0 bridgehead atoms. The van der Waals surface area contributed by atoms with Crippen LogP contribution in [0.2, 0.25) is 0 Å². The number of carbonyl (C=O) groups excluding carboxylic acids is 1. The predicted octanol–water partition coefficient (Wildman–Crippen LogP) is 1.62. The number of nitrogens with two attached hydrogens (primary N) is 1. The molecule has 0 aliphatic carbocycles. The largest absolute Gasteiger partial charge is 0.368 e. The molecule has 2 N–H and O–H groups in total. The van der Waals surface area contributed by atoms with Crippen molar-refractivity contribution < 1.29 is 9.72 Å². The molecule has 1 heterocycles. The van der Waals surface area contributed by atoms with E-state index < -0.39 is 11.0 Å². The van der Waals surface area contributed by atoms with Crippen LogP contribution in [-0.2, 0) is 4.79 Å². The number of hydrogen-bond acceptors (Lipinski definition) is 5. The first-order valence-electron chi connectivity index (χ1n) is 7.97. The van der Waals surface area contributed by atoms with Crippen LogP contribution in [0.15, 0.2) is 24.3 Å². The third-order valence-corrected chi connectivity index (χ3v) is 4.54. The fourth-order valence-corrected chi connectivity index (χ4v) is 2.70. The highest BCUT2D eigenvalue weighted by molar-refractivity contribution is 5.82. The Morgan fingerprint density at radius 1 is 1.35 bits per heavy atom. The first kappa shape index (κ1) is 17.2. The summed E-state index contributed by atoms with van der Waals surface area (Å²) in [5.41, 5.74) is 6.92. The monoisotopic (exact) mass is 320 g/mol.